The van der Waals surface area contributed by atoms with Gasteiger partial charge < -0.3 is 10.3 Å². The Balaban J connectivity index is 2.27. The Labute approximate surface area is 82.0 Å². The summed E-state index contributed by atoms with van der Waals surface area (Å²) >= 11 is 0. The van der Waals surface area contributed by atoms with Crippen molar-refractivity contribution in [3.8, 4) is 0 Å². The molecule has 0 spiro atoms. The van der Waals surface area contributed by atoms with Gasteiger partial charge in [0.25, 0.3) is 0 Å². The minimum atomic E-state index is -0.371. The maximum absolute atomic E-state index is 11.3. The third-order valence-electron chi connectivity index (χ3n) is 1.82. The summed E-state index contributed by atoms with van der Waals surface area (Å²) < 4.78 is 5.04. The largest absolute Gasteiger partial charge is 0.379 e. The predicted octanol–water partition coefficient (Wildman–Crippen LogP) is -0.142. The second-order valence-electron chi connectivity index (χ2n) is 2.73. The molecule has 6 nitrogen and oxygen atoms in total. The first-order chi connectivity index (χ1) is 6.79. The molecule has 0 saturated carbocycles. The summed E-state index contributed by atoms with van der Waals surface area (Å²) in [6.45, 7) is 3.73. The van der Waals surface area contributed by atoms with Crippen molar-refractivity contribution in [2.75, 3.05) is 26.4 Å². The SMILES string of the molecule is CCOCCON1CCC(=[N+]=[N-])C1=O. The zero-order chi connectivity index (χ0) is 10.4. The summed E-state index contributed by atoms with van der Waals surface area (Å²) in [7, 11) is 0. The van der Waals surface area contributed by atoms with E-state index in [4.69, 9.17) is 15.1 Å². The monoisotopic (exact) mass is 199 g/mol. The van der Waals surface area contributed by atoms with E-state index in [0.29, 0.717) is 32.8 Å². The number of nitrogens with zero attached hydrogens (tertiary/aromatic N) is 3. The smallest absolute Gasteiger partial charge is 0.360 e. The molecular formula is C8H13N3O3. The summed E-state index contributed by atoms with van der Waals surface area (Å²) in [4.78, 5) is 19.3. The van der Waals surface area contributed by atoms with Crippen molar-refractivity contribution in [1.82, 2.24) is 5.06 Å². The molecule has 0 unspecified atom stereocenters. The van der Waals surface area contributed by atoms with Crippen molar-refractivity contribution in [3.63, 3.8) is 0 Å². The van der Waals surface area contributed by atoms with Crippen LogP contribution in [-0.2, 0) is 14.4 Å². The molecule has 0 aliphatic carbocycles. The van der Waals surface area contributed by atoms with E-state index in [9.17, 15) is 4.79 Å². The van der Waals surface area contributed by atoms with Gasteiger partial charge in [0, 0.05) is 6.61 Å². The fraction of sp³-hybridized carbons (Fsp3) is 0.750. The minimum Gasteiger partial charge on any atom is -0.379 e. The first-order valence-electron chi connectivity index (χ1n) is 4.53. The van der Waals surface area contributed by atoms with E-state index >= 15 is 0 Å². The van der Waals surface area contributed by atoms with Crippen LogP contribution in [0.1, 0.15) is 13.3 Å². The molecule has 1 saturated heterocycles. The quantitative estimate of drug-likeness (QED) is 0.351. The van der Waals surface area contributed by atoms with Gasteiger partial charge in [-0.2, -0.15) is 4.79 Å². The highest BCUT2D eigenvalue weighted by molar-refractivity contribution is 6.37. The highest BCUT2D eigenvalue weighted by Crippen LogP contribution is 2.06. The normalized spacial score (nSPS) is 16.2. The number of hydrogen-bond acceptors (Lipinski definition) is 3. The van der Waals surface area contributed by atoms with Crippen LogP contribution in [0.4, 0.5) is 0 Å². The molecule has 6 heteroatoms. The summed E-state index contributed by atoms with van der Waals surface area (Å²) in [6.07, 6.45) is 0.421. The summed E-state index contributed by atoms with van der Waals surface area (Å²) in [6, 6.07) is 0. The second kappa shape index (κ2) is 5.49. The van der Waals surface area contributed by atoms with Gasteiger partial charge in [0.1, 0.15) is 0 Å². The van der Waals surface area contributed by atoms with E-state index in [1.54, 1.807) is 0 Å². The van der Waals surface area contributed by atoms with E-state index in [-0.39, 0.29) is 11.6 Å². The zero-order valence-electron chi connectivity index (χ0n) is 8.10. The van der Waals surface area contributed by atoms with Crippen LogP contribution in [0.5, 0.6) is 0 Å². The maximum atomic E-state index is 11.3. The summed E-state index contributed by atoms with van der Waals surface area (Å²) in [5.74, 6) is -0.371. The predicted molar refractivity (Wildman–Crippen MR) is 47.4 cm³/mol. The van der Waals surface area contributed by atoms with Crippen LogP contribution in [0.25, 0.3) is 5.53 Å². The minimum absolute atomic E-state index is 0.140. The molecule has 0 bridgehead atoms. The van der Waals surface area contributed by atoms with Gasteiger partial charge >= 0.3 is 11.6 Å². The van der Waals surface area contributed by atoms with Crippen LogP contribution in [0, 0.1) is 0 Å². The lowest BCUT2D eigenvalue weighted by molar-refractivity contribution is -0.179. The lowest BCUT2D eigenvalue weighted by Crippen LogP contribution is -2.29. The van der Waals surface area contributed by atoms with Crippen molar-refractivity contribution in [3.05, 3.63) is 5.53 Å². The van der Waals surface area contributed by atoms with E-state index in [1.165, 1.54) is 5.06 Å². The molecule has 0 aromatic carbocycles. The fourth-order valence-electron chi connectivity index (χ4n) is 1.13. The Morgan fingerprint density at radius 1 is 1.57 bits per heavy atom. The Bertz CT molecular complexity index is 261. The lowest BCUT2D eigenvalue weighted by Gasteiger charge is -2.12. The summed E-state index contributed by atoms with van der Waals surface area (Å²) in [5, 5.41) is 1.19. The lowest BCUT2D eigenvalue weighted by atomic mass is 10.3. The van der Waals surface area contributed by atoms with Crippen molar-refractivity contribution >= 4 is 11.6 Å². The van der Waals surface area contributed by atoms with Crippen LogP contribution >= 0.6 is 0 Å². The number of amides is 1. The number of carbonyl (C=O) groups is 1. The zero-order valence-corrected chi connectivity index (χ0v) is 8.10. The fourth-order valence-corrected chi connectivity index (χ4v) is 1.13. The van der Waals surface area contributed by atoms with Gasteiger partial charge in [0.05, 0.1) is 26.2 Å². The number of hydroxylamine groups is 2. The Kier molecular flexibility index (Phi) is 4.25. The van der Waals surface area contributed by atoms with Gasteiger partial charge in [-0.25, -0.2) is 5.06 Å². The van der Waals surface area contributed by atoms with Gasteiger partial charge in [-0.05, 0) is 6.92 Å². The molecule has 0 radical (unpaired) electrons. The first kappa shape index (κ1) is 10.8. The van der Waals surface area contributed by atoms with Crippen molar-refractivity contribution in [2.45, 2.75) is 13.3 Å². The van der Waals surface area contributed by atoms with Crippen LogP contribution in [0.15, 0.2) is 0 Å². The van der Waals surface area contributed by atoms with Crippen LogP contribution in [0.2, 0.25) is 0 Å². The van der Waals surface area contributed by atoms with Crippen molar-refractivity contribution in [1.29, 1.82) is 0 Å². The van der Waals surface area contributed by atoms with Crippen molar-refractivity contribution in [2.24, 2.45) is 0 Å². The standard InChI is InChI=1S/C8H13N3O3/c1-2-13-5-6-14-11-4-3-7(10-9)8(11)12/h2-6H2,1H3. The molecule has 14 heavy (non-hydrogen) atoms. The third-order valence-corrected chi connectivity index (χ3v) is 1.82. The number of rotatable bonds is 5. The van der Waals surface area contributed by atoms with E-state index < -0.39 is 0 Å². The highest BCUT2D eigenvalue weighted by Gasteiger charge is 2.35. The molecule has 1 rings (SSSR count). The number of carbonyl (C=O) groups excluding carboxylic acids is 1. The van der Waals surface area contributed by atoms with E-state index in [0.717, 1.165) is 0 Å². The van der Waals surface area contributed by atoms with E-state index in [2.05, 4.69) is 4.79 Å². The second-order valence-corrected chi connectivity index (χ2v) is 2.73. The average Bonchev–Trinajstić information content (AvgIpc) is 2.55. The molecule has 1 aliphatic rings. The van der Waals surface area contributed by atoms with Gasteiger partial charge in [-0.15, -0.1) is 0 Å². The Morgan fingerprint density at radius 2 is 2.36 bits per heavy atom. The van der Waals surface area contributed by atoms with Crippen LogP contribution < -0.4 is 0 Å². The van der Waals surface area contributed by atoms with Gasteiger partial charge in [0.15, 0.2) is 0 Å². The molecule has 78 valence electrons. The molecule has 0 aromatic heterocycles. The Hall–Kier alpha value is -1.23. The average molecular weight is 199 g/mol. The van der Waals surface area contributed by atoms with Crippen LogP contribution in [0.3, 0.4) is 0 Å². The van der Waals surface area contributed by atoms with Crippen molar-refractivity contribution < 1.29 is 19.2 Å². The molecular weight excluding hydrogens is 186 g/mol. The maximum Gasteiger partial charge on any atom is 0.360 e. The number of hydrogen-bond donors (Lipinski definition) is 0. The Morgan fingerprint density at radius 3 is 2.93 bits per heavy atom. The number of ether oxygens (including phenoxy) is 1. The molecule has 1 heterocycles. The molecule has 1 amide bonds. The third kappa shape index (κ3) is 2.63. The molecule has 0 N–H and O–H groups in total. The molecule has 1 aliphatic heterocycles. The van der Waals surface area contributed by atoms with Gasteiger partial charge in [-0.1, -0.05) is 0 Å². The molecule has 0 aromatic rings. The summed E-state index contributed by atoms with van der Waals surface area (Å²) in [5.41, 5.74) is 8.56. The molecule has 1 fully saturated rings. The van der Waals surface area contributed by atoms with E-state index in [1.807, 2.05) is 6.92 Å². The van der Waals surface area contributed by atoms with Gasteiger partial charge in [-0.3, -0.25) is 9.63 Å². The molecule has 0 atom stereocenters. The van der Waals surface area contributed by atoms with Gasteiger partial charge in [0.2, 0.25) is 0 Å². The first-order valence-corrected chi connectivity index (χ1v) is 4.53. The topological polar surface area (TPSA) is 75.2 Å². The van der Waals surface area contributed by atoms with Crippen LogP contribution in [-0.4, -0.2) is 47.8 Å². The highest BCUT2D eigenvalue weighted by atomic mass is 16.7.